The van der Waals surface area contributed by atoms with E-state index in [1.54, 1.807) is 0 Å². The van der Waals surface area contributed by atoms with Gasteiger partial charge in [0.05, 0.1) is 10.6 Å². The Bertz CT molecular complexity index is 682. The molecule has 120 valence electrons. The number of hydrogen-bond donors (Lipinski definition) is 2. The molecule has 1 aromatic carbocycles. The lowest BCUT2D eigenvalue weighted by Gasteiger charge is -2.10. The highest BCUT2D eigenvalue weighted by Crippen LogP contribution is 2.30. The summed E-state index contributed by atoms with van der Waals surface area (Å²) in [6.07, 6.45) is 0. The summed E-state index contributed by atoms with van der Waals surface area (Å²) in [7, 11) is -7.52. The molecule has 0 aliphatic carbocycles. The van der Waals surface area contributed by atoms with Gasteiger partial charge in [0.2, 0.25) is 10.0 Å². The number of alkyl halides is 3. The molecule has 0 aromatic heterocycles. The van der Waals surface area contributed by atoms with E-state index < -0.39 is 30.3 Å². The van der Waals surface area contributed by atoms with Crippen LogP contribution in [0.3, 0.4) is 0 Å². The number of anilines is 1. The molecule has 0 unspecified atom stereocenters. The third-order valence-corrected chi connectivity index (χ3v) is 5.35. The molecule has 0 spiro atoms. The first-order chi connectivity index (χ1) is 9.49. The SMILES string of the molecule is CNS(=O)(=O)CCNc1ccc(S(=O)(=O)C(F)(F)F)cc1. The highest BCUT2D eigenvalue weighted by Gasteiger charge is 2.46. The molecule has 1 rings (SSSR count). The normalized spacial score (nSPS) is 13.1. The van der Waals surface area contributed by atoms with Gasteiger partial charge in [-0.3, -0.25) is 0 Å². The Morgan fingerprint density at radius 3 is 2.00 bits per heavy atom. The number of nitrogens with one attached hydrogen (secondary N) is 2. The van der Waals surface area contributed by atoms with E-state index in [-0.39, 0.29) is 12.3 Å². The molecule has 11 heteroatoms. The summed E-state index contributed by atoms with van der Waals surface area (Å²) in [4.78, 5) is -0.872. The summed E-state index contributed by atoms with van der Waals surface area (Å²) in [5.41, 5.74) is -5.05. The zero-order valence-electron chi connectivity index (χ0n) is 10.8. The molecule has 0 radical (unpaired) electrons. The lowest BCUT2D eigenvalue weighted by molar-refractivity contribution is -0.0436. The molecule has 0 heterocycles. The lowest BCUT2D eigenvalue weighted by Crippen LogP contribution is -2.26. The van der Waals surface area contributed by atoms with Crippen LogP contribution in [0.4, 0.5) is 18.9 Å². The molecule has 0 saturated heterocycles. The molecular formula is C10H13F3N2O4S2. The summed E-state index contributed by atoms with van der Waals surface area (Å²) in [5, 5.41) is 2.66. The number of hydrogen-bond acceptors (Lipinski definition) is 5. The van der Waals surface area contributed by atoms with Gasteiger partial charge in [-0.1, -0.05) is 0 Å². The molecule has 1 aromatic rings. The van der Waals surface area contributed by atoms with Crippen molar-refractivity contribution < 1.29 is 30.0 Å². The topological polar surface area (TPSA) is 92.3 Å². The molecule has 0 atom stereocenters. The molecule has 2 N–H and O–H groups in total. The first kappa shape index (κ1) is 17.7. The van der Waals surface area contributed by atoms with Gasteiger partial charge in [-0.2, -0.15) is 13.2 Å². The quantitative estimate of drug-likeness (QED) is 0.800. The summed E-state index contributed by atoms with van der Waals surface area (Å²) < 4.78 is 83.5. The predicted molar refractivity (Wildman–Crippen MR) is 71.0 cm³/mol. The van der Waals surface area contributed by atoms with E-state index in [2.05, 4.69) is 10.0 Å². The van der Waals surface area contributed by atoms with Crippen LogP contribution >= 0.6 is 0 Å². The number of halogens is 3. The maximum atomic E-state index is 12.3. The summed E-state index contributed by atoms with van der Waals surface area (Å²) in [6, 6.07) is 3.87. The maximum Gasteiger partial charge on any atom is 0.501 e. The van der Waals surface area contributed by atoms with Gasteiger partial charge in [-0.25, -0.2) is 21.6 Å². The van der Waals surface area contributed by atoms with Gasteiger partial charge in [0.15, 0.2) is 0 Å². The Morgan fingerprint density at radius 2 is 1.57 bits per heavy atom. The van der Waals surface area contributed by atoms with Gasteiger partial charge in [-0.15, -0.1) is 0 Å². The van der Waals surface area contributed by atoms with Gasteiger partial charge in [0.1, 0.15) is 0 Å². The van der Waals surface area contributed by atoms with Gasteiger partial charge in [-0.05, 0) is 31.3 Å². The van der Waals surface area contributed by atoms with E-state index in [9.17, 15) is 30.0 Å². The summed E-state index contributed by atoms with van der Waals surface area (Å²) in [5.74, 6) is -0.230. The molecule has 0 fully saturated rings. The van der Waals surface area contributed by atoms with Gasteiger partial charge in [0, 0.05) is 12.2 Å². The standard InChI is InChI=1S/C10H13F3N2O4S2/c1-14-20(16,17)7-6-15-8-2-4-9(5-3-8)21(18,19)10(11,12)13/h2-5,14-15H,6-7H2,1H3. The number of sulfonamides is 1. The smallest absolute Gasteiger partial charge is 0.384 e. The number of rotatable bonds is 6. The van der Waals surface area contributed by atoms with Crippen molar-refractivity contribution in [3.05, 3.63) is 24.3 Å². The molecule has 6 nitrogen and oxygen atoms in total. The first-order valence-corrected chi connectivity index (χ1v) is 8.70. The minimum Gasteiger partial charge on any atom is -0.384 e. The maximum absolute atomic E-state index is 12.3. The van der Waals surface area contributed by atoms with Crippen LogP contribution in [0, 0.1) is 0 Å². The van der Waals surface area contributed by atoms with Crippen LogP contribution in [-0.4, -0.2) is 41.7 Å². The van der Waals surface area contributed by atoms with Crippen molar-refractivity contribution in [1.82, 2.24) is 4.72 Å². The summed E-state index contributed by atoms with van der Waals surface area (Å²) >= 11 is 0. The second kappa shape index (κ2) is 6.20. The monoisotopic (exact) mass is 346 g/mol. The van der Waals surface area contributed by atoms with Crippen molar-refractivity contribution >= 4 is 25.5 Å². The fourth-order valence-electron chi connectivity index (χ4n) is 1.32. The fraction of sp³-hybridized carbons (Fsp3) is 0.400. The minimum atomic E-state index is -5.37. The highest BCUT2D eigenvalue weighted by molar-refractivity contribution is 7.92. The molecule has 0 aliphatic rings. The average Bonchev–Trinajstić information content (AvgIpc) is 2.38. The molecule has 21 heavy (non-hydrogen) atoms. The van der Waals surface area contributed by atoms with Crippen molar-refractivity contribution in [2.75, 3.05) is 24.7 Å². The third-order valence-electron chi connectivity index (χ3n) is 2.48. The molecule has 0 saturated carbocycles. The van der Waals surface area contributed by atoms with Crippen molar-refractivity contribution in [2.24, 2.45) is 0 Å². The molecule has 0 aliphatic heterocycles. The summed E-state index contributed by atoms with van der Waals surface area (Å²) in [6.45, 7) is 0.0224. The van der Waals surface area contributed by atoms with Crippen LogP contribution in [0.1, 0.15) is 0 Å². The van der Waals surface area contributed by atoms with Crippen molar-refractivity contribution in [3.63, 3.8) is 0 Å². The third kappa shape index (κ3) is 4.58. The Balaban J connectivity index is 2.76. The Labute approximate surface area is 120 Å². The predicted octanol–water partition coefficient (Wildman–Crippen LogP) is 0.941. The lowest BCUT2D eigenvalue weighted by atomic mass is 10.3. The van der Waals surface area contributed by atoms with E-state index in [1.807, 2.05) is 0 Å². The first-order valence-electron chi connectivity index (χ1n) is 5.56. The van der Waals surface area contributed by atoms with Crippen molar-refractivity contribution in [2.45, 2.75) is 10.4 Å². The highest BCUT2D eigenvalue weighted by atomic mass is 32.2. The fourth-order valence-corrected chi connectivity index (χ4v) is 2.65. The zero-order chi connectivity index (χ0) is 16.3. The molecular weight excluding hydrogens is 333 g/mol. The molecule has 0 bridgehead atoms. The van der Waals surface area contributed by atoms with Crippen LogP contribution in [-0.2, 0) is 19.9 Å². The van der Waals surface area contributed by atoms with E-state index in [4.69, 9.17) is 0 Å². The number of benzene rings is 1. The van der Waals surface area contributed by atoms with Crippen molar-refractivity contribution in [3.8, 4) is 0 Å². The Hall–Kier alpha value is -1.33. The van der Waals surface area contributed by atoms with Gasteiger partial charge < -0.3 is 5.32 Å². The van der Waals surface area contributed by atoms with Crippen LogP contribution in [0.2, 0.25) is 0 Å². The number of sulfone groups is 1. The van der Waals surface area contributed by atoms with E-state index in [0.717, 1.165) is 24.3 Å². The second-order valence-corrected chi connectivity index (χ2v) is 7.91. The van der Waals surface area contributed by atoms with Crippen LogP contribution < -0.4 is 10.0 Å². The van der Waals surface area contributed by atoms with Gasteiger partial charge >= 0.3 is 5.51 Å². The average molecular weight is 346 g/mol. The minimum absolute atomic E-state index is 0.0224. The van der Waals surface area contributed by atoms with Crippen LogP contribution in [0.15, 0.2) is 29.2 Å². The largest absolute Gasteiger partial charge is 0.501 e. The van der Waals surface area contributed by atoms with E-state index >= 15 is 0 Å². The van der Waals surface area contributed by atoms with E-state index in [1.165, 1.54) is 7.05 Å². The second-order valence-electron chi connectivity index (χ2n) is 3.92. The van der Waals surface area contributed by atoms with E-state index in [0.29, 0.717) is 5.69 Å². The van der Waals surface area contributed by atoms with Crippen LogP contribution in [0.25, 0.3) is 0 Å². The molecule has 0 amide bonds. The Morgan fingerprint density at radius 1 is 1.05 bits per heavy atom. The van der Waals surface area contributed by atoms with Crippen LogP contribution in [0.5, 0.6) is 0 Å². The Kier molecular flexibility index (Phi) is 5.23. The van der Waals surface area contributed by atoms with Crippen molar-refractivity contribution in [1.29, 1.82) is 0 Å². The van der Waals surface area contributed by atoms with Gasteiger partial charge in [0.25, 0.3) is 9.84 Å². The zero-order valence-corrected chi connectivity index (χ0v) is 12.4.